The van der Waals surface area contributed by atoms with Crippen LogP contribution in [-0.4, -0.2) is 262 Å². The second kappa shape index (κ2) is 47.0. The minimum absolute atomic E-state index is 0.0520. The highest BCUT2D eigenvalue weighted by Crippen LogP contribution is 2.25. The number of likely N-dealkylation sites (tertiary alicyclic amines) is 1. The summed E-state index contributed by atoms with van der Waals surface area (Å²) >= 11 is 0. The summed E-state index contributed by atoms with van der Waals surface area (Å²) in [7, 11) is 5.43. The maximum Gasteiger partial charge on any atom is 0.246 e. The summed E-state index contributed by atoms with van der Waals surface area (Å²) in [4.78, 5) is 216. The number of nitrogens with two attached hydrogens (primary N) is 2. The Balaban J connectivity index is 1.16. The van der Waals surface area contributed by atoms with Gasteiger partial charge in [-0.15, -0.1) is 0 Å². The van der Waals surface area contributed by atoms with Crippen LogP contribution in [0.5, 0.6) is 11.5 Å². The highest BCUT2D eigenvalue weighted by Gasteiger charge is 2.43. The maximum absolute atomic E-state index is 15.2. The molecular formula is C84H114N16O18. The molecule has 1 fully saturated rings. The molecule has 0 unspecified atom stereocenters. The van der Waals surface area contributed by atoms with Gasteiger partial charge >= 0.3 is 0 Å². The Kier molecular flexibility index (Phi) is 37.7. The van der Waals surface area contributed by atoms with E-state index in [0.717, 1.165) is 20.3 Å². The van der Waals surface area contributed by atoms with Crippen LogP contribution in [0.15, 0.2) is 140 Å². The average Bonchev–Trinajstić information content (AvgIpc) is 1.53. The van der Waals surface area contributed by atoms with Gasteiger partial charge in [-0.05, 0) is 84.2 Å². The maximum atomic E-state index is 15.2. The molecule has 11 atom stereocenters. The van der Waals surface area contributed by atoms with Crippen molar-refractivity contribution in [2.24, 2.45) is 17.4 Å². The van der Waals surface area contributed by atoms with Gasteiger partial charge in [0.15, 0.2) is 0 Å². The van der Waals surface area contributed by atoms with Crippen LogP contribution >= 0.6 is 0 Å². The fourth-order valence-corrected chi connectivity index (χ4v) is 13.4. The molecule has 118 heavy (non-hydrogen) atoms. The van der Waals surface area contributed by atoms with Crippen molar-refractivity contribution in [1.82, 2.24) is 72.4 Å². The van der Waals surface area contributed by atoms with E-state index in [1.165, 1.54) is 93.4 Å². The Bertz CT molecular complexity index is 4240. The molecule has 1 heterocycles. The number of carbonyl (C=O) groups is 15. The number of nitrogens with one attached hydrogen (secondary N) is 9. The smallest absolute Gasteiger partial charge is 0.246 e. The Hall–Kier alpha value is -12.3. The van der Waals surface area contributed by atoms with Crippen molar-refractivity contribution >= 4 is 88.6 Å². The van der Waals surface area contributed by atoms with Gasteiger partial charge in [0.05, 0.1) is 26.2 Å². The second-order valence-electron chi connectivity index (χ2n) is 29.7. The lowest BCUT2D eigenvalue weighted by Crippen LogP contribution is -2.61. The zero-order valence-corrected chi connectivity index (χ0v) is 68.3. The van der Waals surface area contributed by atoms with E-state index >= 15 is 14.4 Å². The highest BCUT2D eigenvalue weighted by atomic mass is 16.3. The van der Waals surface area contributed by atoms with Crippen molar-refractivity contribution in [1.29, 1.82) is 0 Å². The van der Waals surface area contributed by atoms with Gasteiger partial charge in [0.1, 0.15) is 78.0 Å². The van der Waals surface area contributed by atoms with E-state index in [2.05, 4.69) is 47.9 Å². The number of aliphatic hydroxyl groups is 1. The van der Waals surface area contributed by atoms with E-state index < -0.39 is 187 Å². The number of carbonyl (C=O) groups excluding carboxylic acids is 15. The lowest BCUT2D eigenvalue weighted by Gasteiger charge is -2.35. The van der Waals surface area contributed by atoms with Crippen LogP contribution in [-0.2, 0) is 104 Å². The normalized spacial score (nSPS) is 14.9. The van der Waals surface area contributed by atoms with Crippen molar-refractivity contribution in [3.63, 3.8) is 0 Å². The van der Waals surface area contributed by atoms with E-state index in [9.17, 15) is 72.9 Å². The number of hydrogen-bond acceptors (Lipinski definition) is 19. The number of phenolic OH excluding ortho intramolecular Hbond substituents is 2. The van der Waals surface area contributed by atoms with E-state index in [-0.39, 0.29) is 76.0 Å². The zero-order valence-electron chi connectivity index (χ0n) is 68.3. The SMILES string of the molecule is CCCCC[C@H](NC(=O)CNC(=O)[C@H](CO)NC(=O)[C@@H](NC(=O)[C@H](Cc1ccc(O)cc1)NC(=O)[C@H](C)N(C)C(=O)[C@H](Cc1ccccc1)NC(=O)CC)C(C)C)C(=O)N(C)[C@@H](Cc1ccccc1)C(=O)N(C)CC(=O)N[C@@H](Cc1ccc(O)cc1)C(=O)N(C)[C@@H](Cc1ccccc1)C(=O)N1CCC[C@H]1C(=O)N[C@@H](CN)C(=O)NCC(N)=O. The predicted molar refractivity (Wildman–Crippen MR) is 436 cm³/mol. The number of rotatable bonds is 45. The number of aromatic hydroxyl groups is 2. The van der Waals surface area contributed by atoms with Gasteiger partial charge in [-0.1, -0.05) is 162 Å². The minimum Gasteiger partial charge on any atom is -0.508 e. The molecule has 1 aliphatic rings. The fourth-order valence-electron chi connectivity index (χ4n) is 13.4. The number of primary amides is 1. The first kappa shape index (κ1) is 94.5. The van der Waals surface area contributed by atoms with Crippen LogP contribution in [0, 0.1) is 5.92 Å². The van der Waals surface area contributed by atoms with E-state index in [1.54, 1.807) is 112 Å². The molecule has 0 aliphatic carbocycles. The molecule has 5 aromatic carbocycles. The molecule has 0 spiro atoms. The lowest BCUT2D eigenvalue weighted by atomic mass is 10.00. The number of hydrogen-bond donors (Lipinski definition) is 14. The molecule has 638 valence electrons. The monoisotopic (exact) mass is 1630 g/mol. The number of phenols is 2. The van der Waals surface area contributed by atoms with Crippen molar-refractivity contribution in [3.05, 3.63) is 167 Å². The van der Waals surface area contributed by atoms with Gasteiger partial charge in [0.2, 0.25) is 88.6 Å². The summed E-state index contributed by atoms with van der Waals surface area (Å²) in [6, 6.07) is 23.2. The Morgan fingerprint density at radius 1 is 0.466 bits per heavy atom. The molecule has 0 saturated carbocycles. The molecule has 15 amide bonds. The third kappa shape index (κ3) is 28.8. The molecule has 16 N–H and O–H groups in total. The van der Waals surface area contributed by atoms with Crippen LogP contribution in [0.2, 0.25) is 0 Å². The van der Waals surface area contributed by atoms with Gasteiger partial charge in [-0.2, -0.15) is 0 Å². The topological polar surface area (TPSA) is 493 Å². The Morgan fingerprint density at radius 3 is 1.43 bits per heavy atom. The molecule has 0 aromatic heterocycles. The first-order valence-corrected chi connectivity index (χ1v) is 39.5. The van der Waals surface area contributed by atoms with Crippen molar-refractivity contribution in [2.45, 2.75) is 178 Å². The summed E-state index contributed by atoms with van der Waals surface area (Å²) in [6.07, 6.45) is 1.96. The summed E-state index contributed by atoms with van der Waals surface area (Å²) in [5.41, 5.74) is 14.0. The summed E-state index contributed by atoms with van der Waals surface area (Å²) in [5.74, 6) is -12.5. The van der Waals surface area contributed by atoms with Gasteiger partial charge in [-0.3, -0.25) is 71.9 Å². The number of amides is 15. The summed E-state index contributed by atoms with van der Waals surface area (Å²) < 4.78 is 0. The number of aliphatic hydroxyl groups excluding tert-OH is 1. The Morgan fingerprint density at radius 2 is 0.924 bits per heavy atom. The van der Waals surface area contributed by atoms with Crippen LogP contribution in [0.3, 0.4) is 0 Å². The summed E-state index contributed by atoms with van der Waals surface area (Å²) in [5, 5.41) is 54.0. The number of unbranched alkanes of at least 4 members (excludes halogenated alkanes) is 2. The minimum atomic E-state index is -1.72. The quantitative estimate of drug-likeness (QED) is 0.0214. The number of likely N-dealkylation sites (N-methyl/N-ethyl adjacent to an activating group) is 4. The first-order valence-electron chi connectivity index (χ1n) is 39.5. The Labute approximate surface area is 687 Å². The predicted octanol–water partition coefficient (Wildman–Crippen LogP) is -0.730. The van der Waals surface area contributed by atoms with Gasteiger partial charge < -0.3 is 99.1 Å². The molecule has 6 rings (SSSR count). The van der Waals surface area contributed by atoms with Gasteiger partial charge in [-0.25, -0.2) is 0 Å². The average molecular weight is 1640 g/mol. The van der Waals surface area contributed by atoms with Gasteiger partial charge in [0, 0.05) is 79.8 Å². The molecule has 1 aliphatic heterocycles. The molecule has 0 bridgehead atoms. The second-order valence-corrected chi connectivity index (χ2v) is 29.7. The highest BCUT2D eigenvalue weighted by molar-refractivity contribution is 6.00. The molecule has 34 heteroatoms. The van der Waals surface area contributed by atoms with Crippen LogP contribution < -0.4 is 59.3 Å². The van der Waals surface area contributed by atoms with Crippen LogP contribution in [0.4, 0.5) is 0 Å². The van der Waals surface area contributed by atoms with Gasteiger partial charge in [0.25, 0.3) is 0 Å². The van der Waals surface area contributed by atoms with E-state index in [0.29, 0.717) is 47.9 Å². The van der Waals surface area contributed by atoms with E-state index in [4.69, 9.17) is 11.5 Å². The summed E-state index contributed by atoms with van der Waals surface area (Å²) in [6.45, 7) is 4.85. The van der Waals surface area contributed by atoms with Crippen molar-refractivity contribution in [3.8, 4) is 11.5 Å². The van der Waals surface area contributed by atoms with Crippen LogP contribution in [0.1, 0.15) is 107 Å². The number of nitrogens with zero attached hydrogens (tertiary/aromatic N) is 5. The molecule has 1 saturated heterocycles. The van der Waals surface area contributed by atoms with E-state index in [1.807, 2.05) is 6.92 Å². The molecular weight excluding hydrogens is 1520 g/mol. The first-order chi connectivity index (χ1) is 56.2. The largest absolute Gasteiger partial charge is 0.508 e. The van der Waals surface area contributed by atoms with Crippen molar-refractivity contribution in [2.75, 3.05) is 67.5 Å². The standard InChI is InChI=1S/C84H114N16O18/c1-10-12-16-30-60(89-71(106)48-88-76(110)65(50-101)94-79(113)73(51(3)4)95-77(111)61(41-56-32-36-58(102)37-33-56)92-74(108)52(5)97(7)81(115)62(90-70(105)11-2)42-53-24-17-13-18-25-53)80(114)98(8)67(44-54-26-19-14-20-27-54)83(117)96(6)49-72(107)91-63(43-57-34-38-59(103)39-35-57)82(116)99(9)68(45-55-28-21-15-22-29-55)84(118)100-40-23-31-66(100)78(112)93-64(46-85)75(109)87-47-69(86)104/h13-15,17-22,24-29,32-39,51-52,60-68,73,101-103H,10-12,16,23,30-31,40-50,85H2,1-9H3,(H2,86,104)(H,87,109)(H,88,110)(H,89,106)(H,90,105)(H,91,107)(H,92,108)(H,93,112)(H,94,113)(H,95,111)/t52-,60-,61-,62-,63-,64-,65-,66-,67-,68-,73-/m0/s1. The molecule has 34 nitrogen and oxygen atoms in total. The van der Waals surface area contributed by atoms with Crippen LogP contribution in [0.25, 0.3) is 0 Å². The van der Waals surface area contributed by atoms with Crippen molar-refractivity contribution < 1.29 is 87.2 Å². The third-order valence-corrected chi connectivity index (χ3v) is 20.4. The fraction of sp³-hybridized carbons (Fsp3) is 0.464. The molecule has 5 aromatic rings. The number of benzene rings is 5. The lowest BCUT2D eigenvalue weighted by molar-refractivity contribution is -0.149. The molecule has 0 radical (unpaired) electrons. The zero-order chi connectivity index (χ0) is 86.9. The third-order valence-electron chi connectivity index (χ3n) is 20.4.